The molecule has 3 fully saturated rings. The quantitative estimate of drug-likeness (QED) is 0.631. The summed E-state index contributed by atoms with van der Waals surface area (Å²) in [4.78, 5) is 33.3. The average Bonchev–Trinajstić information content (AvgIpc) is 3.12. The summed E-state index contributed by atoms with van der Waals surface area (Å²) >= 11 is 0. The summed E-state index contributed by atoms with van der Waals surface area (Å²) in [6.45, 7) is 3.39. The molecule has 0 spiro atoms. The van der Waals surface area contributed by atoms with Crippen molar-refractivity contribution in [3.63, 3.8) is 0 Å². The van der Waals surface area contributed by atoms with Crippen LogP contribution in [0.3, 0.4) is 0 Å². The van der Waals surface area contributed by atoms with Crippen molar-refractivity contribution in [3.8, 4) is 0 Å². The number of aromatic nitrogens is 3. The van der Waals surface area contributed by atoms with Crippen molar-refractivity contribution in [1.29, 1.82) is 0 Å². The van der Waals surface area contributed by atoms with Crippen LogP contribution in [0.15, 0.2) is 15.4 Å². The van der Waals surface area contributed by atoms with E-state index < -0.39 is 30.1 Å². The summed E-state index contributed by atoms with van der Waals surface area (Å²) in [6.07, 6.45) is -3.18. The van der Waals surface area contributed by atoms with Gasteiger partial charge in [-0.25, -0.2) is 0 Å². The van der Waals surface area contributed by atoms with Crippen LogP contribution in [0.5, 0.6) is 0 Å². The molecule has 3 atom stereocenters. The Morgan fingerprint density at radius 1 is 1.27 bits per heavy atom. The monoisotopic (exact) mass is 469 g/mol. The second-order valence-corrected chi connectivity index (χ2v) is 8.84. The van der Waals surface area contributed by atoms with Crippen LogP contribution >= 0.6 is 0 Å². The molecule has 0 N–H and O–H groups in total. The Labute approximate surface area is 188 Å². The molecule has 2 aromatic rings. The van der Waals surface area contributed by atoms with E-state index in [9.17, 15) is 22.8 Å². The fourth-order valence-electron chi connectivity index (χ4n) is 5.07. The van der Waals surface area contributed by atoms with Crippen molar-refractivity contribution in [2.24, 2.45) is 0 Å². The first kappa shape index (κ1) is 21.9. The first-order valence-electron chi connectivity index (χ1n) is 10.9. The van der Waals surface area contributed by atoms with Gasteiger partial charge in [-0.05, 0) is 33.1 Å². The number of Topliss-reactive ketones (excluding diaryl/α,β-unsaturated/α-hetero) is 1. The van der Waals surface area contributed by atoms with E-state index in [0.717, 1.165) is 17.7 Å². The van der Waals surface area contributed by atoms with E-state index in [1.54, 1.807) is 6.92 Å². The van der Waals surface area contributed by atoms with Gasteiger partial charge in [0.1, 0.15) is 17.6 Å². The van der Waals surface area contributed by atoms with Crippen molar-refractivity contribution >= 4 is 17.5 Å². The lowest BCUT2D eigenvalue weighted by atomic mass is 9.97. The summed E-state index contributed by atoms with van der Waals surface area (Å²) in [7, 11) is 0. The van der Waals surface area contributed by atoms with Crippen LogP contribution in [-0.4, -0.2) is 64.6 Å². The molecule has 12 heteroatoms. The Morgan fingerprint density at radius 2 is 2.06 bits per heavy atom. The summed E-state index contributed by atoms with van der Waals surface area (Å²) in [5, 5.41) is 3.73. The molecule has 0 amide bonds. The van der Waals surface area contributed by atoms with Crippen LogP contribution in [0.4, 0.5) is 24.9 Å². The second kappa shape index (κ2) is 7.86. The third-order valence-corrected chi connectivity index (χ3v) is 6.72. The number of morpholine rings is 1. The predicted molar refractivity (Wildman–Crippen MR) is 113 cm³/mol. The molecule has 33 heavy (non-hydrogen) atoms. The largest absolute Gasteiger partial charge is 0.408 e. The third kappa shape index (κ3) is 3.79. The molecule has 0 radical (unpaired) electrons. The van der Waals surface area contributed by atoms with Crippen LogP contribution in [0.1, 0.15) is 42.5 Å². The Kier molecular flexibility index (Phi) is 5.22. The lowest BCUT2D eigenvalue weighted by Crippen LogP contribution is -2.56. The number of rotatable bonds is 4. The number of ether oxygens (including phenoxy) is 1. The molecule has 4 aliphatic rings. The Balaban J connectivity index is 0.00000274. The summed E-state index contributed by atoms with van der Waals surface area (Å²) in [5.41, 5.74) is 0.0197. The predicted octanol–water partition coefficient (Wildman–Crippen LogP) is 2.49. The Hall–Kier alpha value is -2.89. The van der Waals surface area contributed by atoms with E-state index in [1.807, 2.05) is 4.90 Å². The van der Waals surface area contributed by atoms with Crippen LogP contribution in [0.2, 0.25) is 0 Å². The molecular weight excluding hydrogens is 443 g/mol. The van der Waals surface area contributed by atoms with Gasteiger partial charge in [0, 0.05) is 20.6 Å². The maximum atomic E-state index is 14.0. The number of carbonyl (C=O) groups excluding carboxylic acids is 1. The van der Waals surface area contributed by atoms with Crippen molar-refractivity contribution in [1.82, 2.24) is 14.7 Å². The van der Waals surface area contributed by atoms with Gasteiger partial charge < -0.3 is 19.1 Å². The van der Waals surface area contributed by atoms with Crippen LogP contribution < -0.4 is 15.4 Å². The fraction of sp³-hybridized carbons (Fsp3) is 0.619. The number of nitrogens with zero attached hydrogens (tertiary/aromatic N) is 5. The average molecular weight is 469 g/mol. The number of alkyl halides is 3. The number of hydrogen-bond donors (Lipinski definition) is 0. The maximum Gasteiger partial charge on any atom is 0.408 e. The van der Waals surface area contributed by atoms with E-state index in [1.165, 1.54) is 17.6 Å². The lowest BCUT2D eigenvalue weighted by molar-refractivity contribution is -0.152. The summed E-state index contributed by atoms with van der Waals surface area (Å²) in [6, 6.07) is -0.554. The van der Waals surface area contributed by atoms with Gasteiger partial charge in [0.15, 0.2) is 5.78 Å². The van der Waals surface area contributed by atoms with Gasteiger partial charge in [0.25, 0.3) is 5.56 Å². The smallest absolute Gasteiger partial charge is 0.374 e. The van der Waals surface area contributed by atoms with Gasteiger partial charge in [0.05, 0.1) is 36.6 Å². The molecule has 6 heterocycles. The molecular formula is C21H26F3N5O4. The zero-order valence-electron chi connectivity index (χ0n) is 18.3. The van der Waals surface area contributed by atoms with Gasteiger partial charge in [0.2, 0.25) is 5.95 Å². The standard InChI is InChI=1S/C21H24F3N5O4.H2/c1-11-19(12(2)33-26-11)15(30)9-29-16(21(22,23)24)5-6-27-18(31)7-17(25-20(27)29)28-8-14-4-3-13(28)10-32-14;/h7,13-14,16H,3-6,8-10H2,1-2H3;1H/t13?,14-,16-;/m0./s1. The van der Waals surface area contributed by atoms with Crippen molar-refractivity contribution in [2.75, 3.05) is 29.5 Å². The SMILES string of the molecule is Cc1noc(C)c1C(=O)CN1c2nc(N3C[C@@H]4CCC3CO4)cc(=O)n2CC[C@H]1C(F)(F)F.[HH]. The van der Waals surface area contributed by atoms with Gasteiger partial charge in [-0.2, -0.15) is 18.2 Å². The minimum absolute atomic E-state index is 0. The number of fused-ring (bicyclic) bond motifs is 4. The molecule has 4 aliphatic heterocycles. The highest BCUT2D eigenvalue weighted by atomic mass is 19.4. The van der Waals surface area contributed by atoms with Crippen molar-refractivity contribution < 1.29 is 28.7 Å². The molecule has 2 aromatic heterocycles. The van der Waals surface area contributed by atoms with Gasteiger partial charge in [-0.1, -0.05) is 5.16 Å². The van der Waals surface area contributed by atoms with E-state index in [2.05, 4.69) is 10.1 Å². The van der Waals surface area contributed by atoms with Crippen LogP contribution in [0, 0.1) is 13.8 Å². The number of anilines is 2. The van der Waals surface area contributed by atoms with Crippen molar-refractivity contribution in [2.45, 2.75) is 64.0 Å². The third-order valence-electron chi connectivity index (χ3n) is 6.72. The topological polar surface area (TPSA) is 93.7 Å². The molecule has 180 valence electrons. The normalized spacial score (nSPS) is 24.8. The number of carbonyl (C=O) groups is 1. The highest BCUT2D eigenvalue weighted by Crippen LogP contribution is 2.36. The van der Waals surface area contributed by atoms with E-state index >= 15 is 0 Å². The number of aryl methyl sites for hydroxylation is 2. The van der Waals surface area contributed by atoms with E-state index in [0.29, 0.717) is 24.7 Å². The first-order chi connectivity index (χ1) is 15.6. The number of ketones is 1. The fourth-order valence-corrected chi connectivity index (χ4v) is 5.07. The minimum atomic E-state index is -4.60. The zero-order valence-corrected chi connectivity index (χ0v) is 18.3. The Morgan fingerprint density at radius 3 is 2.64 bits per heavy atom. The molecule has 3 saturated heterocycles. The first-order valence-corrected chi connectivity index (χ1v) is 10.9. The number of piperidine rings is 1. The van der Waals surface area contributed by atoms with Crippen molar-refractivity contribution in [3.05, 3.63) is 33.4 Å². The van der Waals surface area contributed by atoms with Crippen LogP contribution in [0.25, 0.3) is 0 Å². The summed E-state index contributed by atoms with van der Waals surface area (Å²) < 4.78 is 53.9. The van der Waals surface area contributed by atoms with E-state index in [-0.39, 0.29) is 43.8 Å². The zero-order chi connectivity index (χ0) is 23.5. The Bertz CT molecular complexity index is 1120. The van der Waals surface area contributed by atoms with E-state index in [4.69, 9.17) is 9.26 Å². The van der Waals surface area contributed by atoms with Gasteiger partial charge >= 0.3 is 6.18 Å². The van der Waals surface area contributed by atoms with Gasteiger partial charge in [-0.3, -0.25) is 14.2 Å². The number of halogens is 3. The second-order valence-electron chi connectivity index (χ2n) is 8.84. The molecule has 0 aliphatic carbocycles. The molecule has 1 unspecified atom stereocenters. The molecule has 0 aromatic carbocycles. The lowest BCUT2D eigenvalue weighted by Gasteiger charge is -2.46. The highest BCUT2D eigenvalue weighted by Gasteiger charge is 2.48. The van der Waals surface area contributed by atoms with Gasteiger partial charge in [-0.15, -0.1) is 0 Å². The maximum absolute atomic E-state index is 14.0. The molecule has 9 nitrogen and oxygen atoms in total. The van der Waals surface area contributed by atoms with Crippen LogP contribution in [-0.2, 0) is 11.3 Å². The molecule has 6 rings (SSSR count). The number of hydrogen-bond acceptors (Lipinski definition) is 8. The summed E-state index contributed by atoms with van der Waals surface area (Å²) in [5.74, 6) is -0.157. The highest BCUT2D eigenvalue weighted by molar-refractivity contribution is 6.00. The molecule has 0 saturated carbocycles. The minimum Gasteiger partial charge on any atom is -0.374 e. The molecule has 2 bridgehead atoms.